The number of hydrogen-bond donors (Lipinski definition) is 0. The van der Waals surface area contributed by atoms with Gasteiger partial charge in [-0.25, -0.2) is 4.68 Å². The number of ether oxygens (including phenoxy) is 2. The van der Waals surface area contributed by atoms with Crippen LogP contribution in [0.4, 0.5) is 5.95 Å². The largest absolute Gasteiger partial charge is 0.361 e. The van der Waals surface area contributed by atoms with Gasteiger partial charge in [-0.2, -0.15) is 0 Å². The van der Waals surface area contributed by atoms with Gasteiger partial charge in [0, 0.05) is 25.1 Å². The van der Waals surface area contributed by atoms with Gasteiger partial charge in [-0.3, -0.25) is 0 Å². The van der Waals surface area contributed by atoms with Crippen molar-refractivity contribution in [2.24, 2.45) is 5.92 Å². The van der Waals surface area contributed by atoms with Crippen LogP contribution in [0.25, 0.3) is 0 Å². The van der Waals surface area contributed by atoms with Crippen molar-refractivity contribution < 1.29 is 14.0 Å². The van der Waals surface area contributed by atoms with E-state index in [1.54, 1.807) is 4.68 Å². The topological polar surface area (TPSA) is 91.3 Å². The Morgan fingerprint density at radius 3 is 2.67 bits per heavy atom. The van der Waals surface area contributed by atoms with Crippen molar-refractivity contribution in [3.05, 3.63) is 17.5 Å². The zero-order chi connectivity index (χ0) is 16.6. The summed E-state index contributed by atoms with van der Waals surface area (Å²) in [5.41, 5.74) is 0.816. The minimum absolute atomic E-state index is 0.402. The van der Waals surface area contributed by atoms with E-state index in [4.69, 9.17) is 14.0 Å². The molecule has 2 aliphatic heterocycles. The van der Waals surface area contributed by atoms with E-state index >= 15 is 0 Å². The lowest BCUT2D eigenvalue weighted by molar-refractivity contribution is -0.185. The molecule has 24 heavy (non-hydrogen) atoms. The molecule has 9 heteroatoms. The van der Waals surface area contributed by atoms with Crippen LogP contribution < -0.4 is 4.90 Å². The van der Waals surface area contributed by atoms with Crippen molar-refractivity contribution in [2.75, 3.05) is 31.2 Å². The molecule has 4 heterocycles. The van der Waals surface area contributed by atoms with Gasteiger partial charge in [0.1, 0.15) is 11.5 Å². The third-order valence-electron chi connectivity index (χ3n) is 4.88. The van der Waals surface area contributed by atoms with Gasteiger partial charge in [0.2, 0.25) is 5.95 Å². The average molecular weight is 334 g/mol. The molecule has 4 rings (SSSR count). The van der Waals surface area contributed by atoms with Crippen molar-refractivity contribution in [3.8, 4) is 0 Å². The fourth-order valence-electron chi connectivity index (χ4n) is 3.54. The minimum Gasteiger partial charge on any atom is -0.361 e. The number of tetrazole rings is 1. The maximum atomic E-state index is 5.81. The van der Waals surface area contributed by atoms with Gasteiger partial charge in [-0.15, -0.1) is 0 Å². The maximum Gasteiger partial charge on any atom is 0.245 e. The quantitative estimate of drug-likeness (QED) is 0.818. The van der Waals surface area contributed by atoms with Crippen LogP contribution in [-0.4, -0.2) is 57.5 Å². The highest BCUT2D eigenvalue weighted by atomic mass is 16.7. The average Bonchev–Trinajstić information content (AvgIpc) is 3.31. The van der Waals surface area contributed by atoms with E-state index in [1.165, 1.54) is 0 Å². The van der Waals surface area contributed by atoms with E-state index in [0.717, 1.165) is 43.3 Å². The number of nitrogens with zero attached hydrogens (tertiary/aromatic N) is 6. The zero-order valence-electron chi connectivity index (χ0n) is 14.0. The molecule has 0 bridgehead atoms. The van der Waals surface area contributed by atoms with Crippen LogP contribution in [-0.2, 0) is 16.0 Å². The first-order valence-electron chi connectivity index (χ1n) is 8.35. The molecule has 0 unspecified atom stereocenters. The van der Waals surface area contributed by atoms with Crippen LogP contribution in [0.2, 0.25) is 0 Å². The highest BCUT2D eigenvalue weighted by Crippen LogP contribution is 2.35. The SMILES string of the molecule is Cc1cc(Cn2nnnc2N2CCC(C3(C)OCCO3)CC2)no1. The molecular weight excluding hydrogens is 312 g/mol. The van der Waals surface area contributed by atoms with Gasteiger partial charge in [-0.05, 0) is 37.1 Å². The fourth-order valence-corrected chi connectivity index (χ4v) is 3.54. The third-order valence-corrected chi connectivity index (χ3v) is 4.88. The number of anilines is 1. The molecule has 2 aromatic rings. The summed E-state index contributed by atoms with van der Waals surface area (Å²) in [5.74, 6) is 1.52. The van der Waals surface area contributed by atoms with E-state index in [1.807, 2.05) is 13.0 Å². The fraction of sp³-hybridized carbons (Fsp3) is 0.733. The lowest BCUT2D eigenvalue weighted by Gasteiger charge is -2.39. The molecule has 2 fully saturated rings. The van der Waals surface area contributed by atoms with Gasteiger partial charge < -0.3 is 18.9 Å². The van der Waals surface area contributed by atoms with Crippen molar-refractivity contribution >= 4 is 5.95 Å². The molecule has 0 amide bonds. The second-order valence-corrected chi connectivity index (χ2v) is 6.54. The maximum absolute atomic E-state index is 5.81. The molecule has 0 atom stereocenters. The summed E-state index contributed by atoms with van der Waals surface area (Å²) in [4.78, 5) is 2.21. The summed E-state index contributed by atoms with van der Waals surface area (Å²) in [5, 5.41) is 16.1. The van der Waals surface area contributed by atoms with E-state index in [2.05, 4.69) is 32.5 Å². The Morgan fingerprint density at radius 1 is 1.25 bits per heavy atom. The van der Waals surface area contributed by atoms with Crippen LogP contribution in [0.1, 0.15) is 31.2 Å². The van der Waals surface area contributed by atoms with Gasteiger partial charge >= 0.3 is 0 Å². The van der Waals surface area contributed by atoms with E-state index < -0.39 is 5.79 Å². The summed E-state index contributed by atoms with van der Waals surface area (Å²) in [6, 6.07) is 1.90. The highest BCUT2D eigenvalue weighted by molar-refractivity contribution is 5.29. The number of hydrogen-bond acceptors (Lipinski definition) is 8. The number of aromatic nitrogens is 5. The Labute approximate surface area is 139 Å². The second kappa shape index (κ2) is 6.14. The van der Waals surface area contributed by atoms with E-state index in [-0.39, 0.29) is 0 Å². The van der Waals surface area contributed by atoms with Crippen LogP contribution in [0.3, 0.4) is 0 Å². The number of piperidine rings is 1. The molecule has 0 spiro atoms. The van der Waals surface area contributed by atoms with Crippen LogP contribution in [0, 0.1) is 12.8 Å². The Hall–Kier alpha value is -2.00. The molecule has 9 nitrogen and oxygen atoms in total. The normalized spacial score (nSPS) is 21.5. The predicted octanol–water partition coefficient (Wildman–Crippen LogP) is 0.997. The van der Waals surface area contributed by atoms with Gasteiger partial charge in [0.15, 0.2) is 5.79 Å². The first-order chi connectivity index (χ1) is 11.6. The molecule has 0 N–H and O–H groups in total. The molecule has 0 aliphatic carbocycles. The van der Waals surface area contributed by atoms with Gasteiger partial charge in [0.05, 0.1) is 19.8 Å². The second-order valence-electron chi connectivity index (χ2n) is 6.54. The first kappa shape index (κ1) is 15.5. The Kier molecular flexibility index (Phi) is 3.97. The van der Waals surface area contributed by atoms with E-state index in [0.29, 0.717) is 25.7 Å². The molecule has 2 saturated heterocycles. The lowest BCUT2D eigenvalue weighted by atomic mass is 9.89. The summed E-state index contributed by atoms with van der Waals surface area (Å²) in [6.07, 6.45) is 1.98. The molecule has 130 valence electrons. The number of aryl methyl sites for hydroxylation is 1. The molecule has 2 aliphatic rings. The first-order valence-corrected chi connectivity index (χ1v) is 8.35. The summed E-state index contributed by atoms with van der Waals surface area (Å²) in [6.45, 7) is 7.56. The standard InChI is InChI=1S/C15H22N6O3/c1-11-9-13(17-24-11)10-21-14(16-18-19-21)20-5-3-12(4-6-20)15(2)22-7-8-23-15/h9,12H,3-8,10H2,1-2H3. The van der Waals surface area contributed by atoms with Crippen LogP contribution in [0.15, 0.2) is 10.6 Å². The Morgan fingerprint density at radius 2 is 2.00 bits per heavy atom. The van der Waals surface area contributed by atoms with Crippen molar-refractivity contribution in [2.45, 2.75) is 39.0 Å². The monoisotopic (exact) mass is 334 g/mol. The summed E-state index contributed by atoms with van der Waals surface area (Å²) in [7, 11) is 0. The van der Waals surface area contributed by atoms with Crippen LogP contribution in [0.5, 0.6) is 0 Å². The Bertz CT molecular complexity index is 685. The molecule has 0 saturated carbocycles. The van der Waals surface area contributed by atoms with Crippen molar-refractivity contribution in [1.29, 1.82) is 0 Å². The van der Waals surface area contributed by atoms with Gasteiger partial charge in [0.25, 0.3) is 0 Å². The van der Waals surface area contributed by atoms with E-state index in [9.17, 15) is 0 Å². The third kappa shape index (κ3) is 2.89. The lowest BCUT2D eigenvalue weighted by Crippen LogP contribution is -2.45. The highest BCUT2D eigenvalue weighted by Gasteiger charge is 2.41. The van der Waals surface area contributed by atoms with Crippen LogP contribution >= 0.6 is 0 Å². The van der Waals surface area contributed by atoms with Crippen molar-refractivity contribution in [3.63, 3.8) is 0 Å². The summed E-state index contributed by atoms with van der Waals surface area (Å²) < 4.78 is 18.5. The smallest absolute Gasteiger partial charge is 0.245 e. The zero-order valence-corrected chi connectivity index (χ0v) is 14.0. The molecule has 0 aromatic carbocycles. The van der Waals surface area contributed by atoms with Crippen molar-refractivity contribution in [1.82, 2.24) is 25.4 Å². The molecular formula is C15H22N6O3. The summed E-state index contributed by atoms with van der Waals surface area (Å²) >= 11 is 0. The number of rotatable bonds is 4. The molecule has 0 radical (unpaired) electrons. The Balaban J connectivity index is 1.42. The van der Waals surface area contributed by atoms with Gasteiger partial charge in [-0.1, -0.05) is 10.3 Å². The molecule has 2 aromatic heterocycles. The minimum atomic E-state index is -0.434. The predicted molar refractivity (Wildman–Crippen MR) is 83.4 cm³/mol.